The van der Waals surface area contributed by atoms with Gasteiger partial charge in [0.25, 0.3) is 5.91 Å². The van der Waals surface area contributed by atoms with Crippen molar-refractivity contribution < 1.29 is 14.4 Å². The van der Waals surface area contributed by atoms with Crippen LogP contribution in [0.1, 0.15) is 38.3 Å². The van der Waals surface area contributed by atoms with Gasteiger partial charge >= 0.3 is 6.03 Å². The summed E-state index contributed by atoms with van der Waals surface area (Å²) in [6, 6.07) is 4.24. The highest BCUT2D eigenvalue weighted by Crippen LogP contribution is 2.42. The van der Waals surface area contributed by atoms with Gasteiger partial charge in [0.1, 0.15) is 12.1 Å². The topological polar surface area (TPSA) is 78.5 Å². The van der Waals surface area contributed by atoms with Gasteiger partial charge in [0.05, 0.1) is 16.1 Å². The van der Waals surface area contributed by atoms with Crippen molar-refractivity contribution in [2.24, 2.45) is 5.92 Å². The quantitative estimate of drug-likeness (QED) is 0.767. The summed E-state index contributed by atoms with van der Waals surface area (Å²) in [7, 11) is 0. The van der Waals surface area contributed by atoms with E-state index in [0.717, 1.165) is 23.3 Å². The van der Waals surface area contributed by atoms with Crippen LogP contribution in [0.2, 0.25) is 10.0 Å². The molecule has 6 nitrogen and oxygen atoms in total. The Balaban J connectivity index is 1.63. The molecule has 1 aromatic rings. The lowest BCUT2D eigenvalue weighted by Crippen LogP contribution is -2.47. The molecule has 2 atom stereocenters. The second-order valence-corrected chi connectivity index (χ2v) is 7.58. The fraction of sp³-hybridized carbons (Fsp3) is 0.471. The van der Waals surface area contributed by atoms with E-state index in [1.807, 2.05) is 0 Å². The van der Waals surface area contributed by atoms with Gasteiger partial charge in [-0.25, -0.2) is 4.79 Å². The zero-order chi connectivity index (χ0) is 18.4. The first-order valence-corrected chi connectivity index (χ1v) is 8.86. The maximum Gasteiger partial charge on any atom is 0.325 e. The number of hydrogen-bond acceptors (Lipinski definition) is 3. The molecule has 1 aliphatic carbocycles. The molecule has 2 unspecified atom stereocenters. The molecule has 25 heavy (non-hydrogen) atoms. The van der Waals surface area contributed by atoms with Crippen molar-refractivity contribution in [3.8, 4) is 0 Å². The molecule has 1 saturated carbocycles. The molecule has 2 aliphatic rings. The van der Waals surface area contributed by atoms with E-state index in [1.165, 1.54) is 0 Å². The Morgan fingerprint density at radius 3 is 2.64 bits per heavy atom. The van der Waals surface area contributed by atoms with Crippen LogP contribution in [0.15, 0.2) is 18.2 Å². The maximum atomic E-state index is 12.5. The molecule has 0 radical (unpaired) electrons. The highest BCUT2D eigenvalue weighted by atomic mass is 35.5. The zero-order valence-electron chi connectivity index (χ0n) is 13.9. The van der Waals surface area contributed by atoms with E-state index < -0.39 is 17.5 Å². The summed E-state index contributed by atoms with van der Waals surface area (Å²) in [5.41, 5.74) is -0.102. The fourth-order valence-corrected chi connectivity index (χ4v) is 3.40. The third-order valence-electron chi connectivity index (χ3n) is 4.82. The largest absolute Gasteiger partial charge is 0.348 e. The van der Waals surface area contributed by atoms with Crippen LogP contribution < -0.4 is 10.6 Å². The van der Waals surface area contributed by atoms with Crippen molar-refractivity contribution in [2.45, 2.75) is 38.3 Å². The van der Waals surface area contributed by atoms with E-state index in [2.05, 4.69) is 10.6 Å². The van der Waals surface area contributed by atoms with Crippen molar-refractivity contribution in [3.63, 3.8) is 0 Å². The third-order valence-corrected chi connectivity index (χ3v) is 5.56. The smallest absolute Gasteiger partial charge is 0.325 e. The van der Waals surface area contributed by atoms with Gasteiger partial charge in [-0.2, -0.15) is 0 Å². The molecule has 0 bridgehead atoms. The van der Waals surface area contributed by atoms with Crippen molar-refractivity contribution in [1.29, 1.82) is 0 Å². The molecule has 1 saturated heterocycles. The third kappa shape index (κ3) is 3.46. The molecule has 1 heterocycles. The van der Waals surface area contributed by atoms with E-state index >= 15 is 0 Å². The average molecular weight is 384 g/mol. The molecular weight excluding hydrogens is 365 g/mol. The fourth-order valence-electron chi connectivity index (χ4n) is 3.09. The Bertz CT molecular complexity index is 751. The van der Waals surface area contributed by atoms with Crippen LogP contribution in [0.4, 0.5) is 4.79 Å². The minimum atomic E-state index is -0.882. The average Bonchev–Trinajstić information content (AvgIpc) is 3.36. The minimum absolute atomic E-state index is 0.159. The Kier molecular flexibility index (Phi) is 4.68. The van der Waals surface area contributed by atoms with Crippen LogP contribution in [-0.4, -0.2) is 34.8 Å². The Labute approximate surface area is 155 Å². The van der Waals surface area contributed by atoms with E-state index in [9.17, 15) is 14.4 Å². The normalized spacial score (nSPS) is 24.2. The number of nitrogens with one attached hydrogen (secondary N) is 2. The number of hydrogen-bond donors (Lipinski definition) is 2. The van der Waals surface area contributed by atoms with E-state index in [-0.39, 0.29) is 24.4 Å². The predicted molar refractivity (Wildman–Crippen MR) is 94.4 cm³/mol. The highest BCUT2D eigenvalue weighted by molar-refractivity contribution is 6.42. The SMILES string of the molecule is CC(NC(=O)CN1C(=O)NC(C)(C2CC2)C1=O)c1ccc(Cl)c(Cl)c1. The Morgan fingerprint density at radius 2 is 2.04 bits per heavy atom. The van der Waals surface area contributed by atoms with Crippen LogP contribution >= 0.6 is 23.2 Å². The highest BCUT2D eigenvalue weighted by Gasteiger charge is 2.56. The van der Waals surface area contributed by atoms with E-state index in [4.69, 9.17) is 23.2 Å². The summed E-state index contributed by atoms with van der Waals surface area (Å²) in [5, 5.41) is 6.32. The lowest BCUT2D eigenvalue weighted by atomic mass is 9.96. The van der Waals surface area contributed by atoms with Gasteiger partial charge in [-0.1, -0.05) is 29.3 Å². The summed E-state index contributed by atoms with van der Waals surface area (Å²) in [5.74, 6) is -0.591. The van der Waals surface area contributed by atoms with Gasteiger partial charge in [-0.3, -0.25) is 14.5 Å². The molecule has 2 N–H and O–H groups in total. The lowest BCUT2D eigenvalue weighted by molar-refractivity contribution is -0.135. The number of carbonyl (C=O) groups excluding carboxylic acids is 3. The molecule has 8 heteroatoms. The van der Waals surface area contributed by atoms with Gasteiger partial charge in [-0.15, -0.1) is 0 Å². The number of benzene rings is 1. The van der Waals surface area contributed by atoms with E-state index in [1.54, 1.807) is 32.0 Å². The van der Waals surface area contributed by atoms with Crippen molar-refractivity contribution in [3.05, 3.63) is 33.8 Å². The maximum absolute atomic E-state index is 12.5. The number of carbonyl (C=O) groups is 3. The summed E-state index contributed by atoms with van der Waals surface area (Å²) >= 11 is 11.9. The molecule has 3 rings (SSSR count). The molecule has 1 aromatic carbocycles. The standard InChI is InChI=1S/C17H19Cl2N3O3/c1-9(10-3-6-12(18)13(19)7-10)20-14(23)8-22-15(24)17(2,11-4-5-11)21-16(22)25/h3,6-7,9,11H,4-5,8H2,1-2H3,(H,20,23)(H,21,25). The number of urea groups is 1. The molecule has 4 amide bonds. The summed E-state index contributed by atoms with van der Waals surface area (Å²) < 4.78 is 0. The summed E-state index contributed by atoms with van der Waals surface area (Å²) in [4.78, 5) is 37.9. The van der Waals surface area contributed by atoms with Gasteiger partial charge in [0.2, 0.25) is 5.91 Å². The molecule has 0 spiro atoms. The Hall–Kier alpha value is -1.79. The summed E-state index contributed by atoms with van der Waals surface area (Å²) in [6.45, 7) is 3.21. The van der Waals surface area contributed by atoms with E-state index in [0.29, 0.717) is 10.0 Å². The van der Waals surface area contributed by atoms with Crippen LogP contribution in [0.5, 0.6) is 0 Å². The number of halogens is 2. The Morgan fingerprint density at radius 1 is 1.36 bits per heavy atom. The van der Waals surface area contributed by atoms with Gasteiger partial charge in [0.15, 0.2) is 0 Å². The number of amides is 4. The minimum Gasteiger partial charge on any atom is -0.348 e. The molecule has 1 aliphatic heterocycles. The van der Waals surface area contributed by atoms with Crippen LogP contribution in [0, 0.1) is 5.92 Å². The monoisotopic (exact) mass is 383 g/mol. The summed E-state index contributed by atoms with van der Waals surface area (Å²) in [6.07, 6.45) is 1.83. The van der Waals surface area contributed by atoms with Gasteiger partial charge < -0.3 is 10.6 Å². The number of imide groups is 1. The van der Waals surface area contributed by atoms with Crippen LogP contribution in [0.25, 0.3) is 0 Å². The second-order valence-electron chi connectivity index (χ2n) is 6.76. The molecule has 0 aromatic heterocycles. The van der Waals surface area contributed by atoms with Gasteiger partial charge in [0, 0.05) is 0 Å². The zero-order valence-corrected chi connectivity index (χ0v) is 15.4. The van der Waals surface area contributed by atoms with Crippen LogP contribution in [0.3, 0.4) is 0 Å². The molecule has 2 fully saturated rings. The first-order chi connectivity index (χ1) is 11.7. The van der Waals surface area contributed by atoms with Crippen molar-refractivity contribution in [2.75, 3.05) is 6.54 Å². The van der Waals surface area contributed by atoms with Crippen molar-refractivity contribution >= 4 is 41.0 Å². The molecular formula is C17H19Cl2N3O3. The second kappa shape index (κ2) is 6.50. The first kappa shape index (κ1) is 18.0. The number of rotatable bonds is 5. The number of nitrogens with zero attached hydrogens (tertiary/aromatic N) is 1. The predicted octanol–water partition coefficient (Wildman–Crippen LogP) is 2.89. The molecule has 134 valence electrons. The first-order valence-electron chi connectivity index (χ1n) is 8.11. The van der Waals surface area contributed by atoms with Crippen LogP contribution in [-0.2, 0) is 9.59 Å². The van der Waals surface area contributed by atoms with Crippen molar-refractivity contribution in [1.82, 2.24) is 15.5 Å². The van der Waals surface area contributed by atoms with Gasteiger partial charge in [-0.05, 0) is 50.3 Å². The lowest BCUT2D eigenvalue weighted by Gasteiger charge is -2.21.